The molecule has 0 spiro atoms. The van der Waals surface area contributed by atoms with Crippen LogP contribution in [0.25, 0.3) is 0 Å². The lowest BCUT2D eigenvalue weighted by molar-refractivity contribution is 0.146. The maximum absolute atomic E-state index is 12.5. The Kier molecular flexibility index (Phi) is 4.12. The van der Waals surface area contributed by atoms with Gasteiger partial charge in [-0.25, -0.2) is 8.78 Å². The number of halogens is 3. The summed E-state index contributed by atoms with van der Waals surface area (Å²) in [6, 6.07) is 2.85. The van der Waals surface area contributed by atoms with E-state index < -0.39 is 18.6 Å². The number of aromatic nitrogens is 1. The third-order valence-electron chi connectivity index (χ3n) is 1.85. The molecule has 0 radical (unpaired) electrons. The zero-order valence-corrected chi connectivity index (χ0v) is 9.13. The lowest BCUT2D eigenvalue weighted by Crippen LogP contribution is -2.04. The van der Waals surface area contributed by atoms with Gasteiger partial charge in [0.15, 0.2) is 0 Å². The molecule has 0 aliphatic rings. The predicted molar refractivity (Wildman–Crippen MR) is 52.5 cm³/mol. The van der Waals surface area contributed by atoms with Gasteiger partial charge in [0.25, 0.3) is 6.43 Å². The van der Waals surface area contributed by atoms with Gasteiger partial charge in [0, 0.05) is 10.9 Å². The Bertz CT molecular complexity index is 404. The second-order valence-electron chi connectivity index (χ2n) is 2.72. The van der Waals surface area contributed by atoms with Crippen LogP contribution in [0.3, 0.4) is 0 Å². The molecule has 1 aromatic heterocycles. The molecular formula is C9H7BrF2N2O. The largest absolute Gasteiger partial charge is 0.390 e. The standard InChI is InChI=1S/C9H7BrF2N2O/c10-2-7-5(3-13)1-6(9(11)12)8(4-15)14-7/h1,9,15H,2,4H2. The number of rotatable bonds is 3. The third-order valence-corrected chi connectivity index (χ3v) is 2.38. The Morgan fingerprint density at radius 2 is 2.20 bits per heavy atom. The molecule has 6 heteroatoms. The van der Waals surface area contributed by atoms with Gasteiger partial charge in [0.2, 0.25) is 0 Å². The molecule has 15 heavy (non-hydrogen) atoms. The third kappa shape index (κ3) is 2.49. The van der Waals surface area contributed by atoms with E-state index in [0.717, 1.165) is 6.07 Å². The van der Waals surface area contributed by atoms with Crippen molar-refractivity contribution >= 4 is 15.9 Å². The molecular weight excluding hydrogens is 270 g/mol. The van der Waals surface area contributed by atoms with E-state index in [-0.39, 0.29) is 16.6 Å². The van der Waals surface area contributed by atoms with E-state index in [2.05, 4.69) is 20.9 Å². The highest BCUT2D eigenvalue weighted by Crippen LogP contribution is 2.24. The van der Waals surface area contributed by atoms with Crippen LogP contribution in [-0.2, 0) is 11.9 Å². The number of aliphatic hydroxyl groups is 1. The van der Waals surface area contributed by atoms with E-state index in [4.69, 9.17) is 10.4 Å². The van der Waals surface area contributed by atoms with Gasteiger partial charge in [-0.15, -0.1) is 0 Å². The molecule has 0 bridgehead atoms. The molecule has 0 aliphatic heterocycles. The topological polar surface area (TPSA) is 56.9 Å². The summed E-state index contributed by atoms with van der Waals surface area (Å²) >= 11 is 3.09. The van der Waals surface area contributed by atoms with Gasteiger partial charge >= 0.3 is 0 Å². The van der Waals surface area contributed by atoms with Crippen molar-refractivity contribution in [3.63, 3.8) is 0 Å². The Morgan fingerprint density at radius 1 is 1.53 bits per heavy atom. The summed E-state index contributed by atoms with van der Waals surface area (Å²) < 4.78 is 25.0. The van der Waals surface area contributed by atoms with E-state index in [9.17, 15) is 8.78 Å². The average molecular weight is 277 g/mol. The highest BCUT2D eigenvalue weighted by molar-refractivity contribution is 9.08. The second kappa shape index (κ2) is 5.14. The van der Waals surface area contributed by atoms with Crippen LogP contribution >= 0.6 is 15.9 Å². The van der Waals surface area contributed by atoms with Gasteiger partial charge in [-0.1, -0.05) is 15.9 Å². The van der Waals surface area contributed by atoms with Gasteiger partial charge in [-0.05, 0) is 6.07 Å². The molecule has 0 amide bonds. The van der Waals surface area contributed by atoms with Gasteiger partial charge < -0.3 is 5.11 Å². The number of hydrogen-bond acceptors (Lipinski definition) is 3. The van der Waals surface area contributed by atoms with Crippen molar-refractivity contribution in [3.8, 4) is 6.07 Å². The Hall–Kier alpha value is -1.06. The van der Waals surface area contributed by atoms with Crippen LogP contribution in [0, 0.1) is 11.3 Å². The molecule has 0 saturated carbocycles. The molecule has 0 atom stereocenters. The van der Waals surface area contributed by atoms with Crippen molar-refractivity contribution in [2.75, 3.05) is 0 Å². The molecule has 80 valence electrons. The van der Waals surface area contributed by atoms with Crippen molar-refractivity contribution in [1.82, 2.24) is 4.98 Å². The van der Waals surface area contributed by atoms with E-state index in [0.29, 0.717) is 5.69 Å². The van der Waals surface area contributed by atoms with Crippen LogP contribution in [0.2, 0.25) is 0 Å². The average Bonchev–Trinajstić information content (AvgIpc) is 2.26. The lowest BCUT2D eigenvalue weighted by Gasteiger charge is -2.08. The van der Waals surface area contributed by atoms with E-state index >= 15 is 0 Å². The Labute approximate surface area is 93.5 Å². The Morgan fingerprint density at radius 3 is 2.60 bits per heavy atom. The van der Waals surface area contributed by atoms with Gasteiger partial charge in [-0.3, -0.25) is 4.98 Å². The number of aliphatic hydroxyl groups excluding tert-OH is 1. The minimum Gasteiger partial charge on any atom is -0.390 e. The fourth-order valence-electron chi connectivity index (χ4n) is 1.12. The molecule has 0 saturated heterocycles. The smallest absolute Gasteiger partial charge is 0.265 e. The van der Waals surface area contributed by atoms with Crippen molar-refractivity contribution in [1.29, 1.82) is 5.26 Å². The number of hydrogen-bond donors (Lipinski definition) is 1. The number of alkyl halides is 3. The fraction of sp³-hybridized carbons (Fsp3) is 0.333. The first-order valence-electron chi connectivity index (χ1n) is 4.01. The van der Waals surface area contributed by atoms with Crippen molar-refractivity contribution < 1.29 is 13.9 Å². The molecule has 0 unspecified atom stereocenters. The van der Waals surface area contributed by atoms with Crippen molar-refractivity contribution in [2.45, 2.75) is 18.4 Å². The van der Waals surface area contributed by atoms with E-state index in [1.807, 2.05) is 0 Å². The molecule has 0 aromatic carbocycles. The van der Waals surface area contributed by atoms with Gasteiger partial charge in [-0.2, -0.15) is 5.26 Å². The molecule has 1 N–H and O–H groups in total. The minimum atomic E-state index is -2.74. The summed E-state index contributed by atoms with van der Waals surface area (Å²) in [7, 11) is 0. The maximum Gasteiger partial charge on any atom is 0.265 e. The van der Waals surface area contributed by atoms with E-state index in [1.54, 1.807) is 6.07 Å². The number of nitriles is 1. The first-order valence-corrected chi connectivity index (χ1v) is 5.14. The maximum atomic E-state index is 12.5. The molecule has 0 aliphatic carbocycles. The molecule has 1 rings (SSSR count). The Balaban J connectivity index is 3.36. The zero-order chi connectivity index (χ0) is 11.4. The summed E-state index contributed by atoms with van der Waals surface area (Å²) in [5, 5.41) is 17.8. The number of pyridine rings is 1. The number of nitrogens with zero attached hydrogens (tertiary/aromatic N) is 2. The predicted octanol–water partition coefficient (Wildman–Crippen LogP) is 2.28. The molecule has 1 aromatic rings. The molecule has 0 fully saturated rings. The van der Waals surface area contributed by atoms with Crippen LogP contribution in [0.4, 0.5) is 8.78 Å². The summed E-state index contributed by atoms with van der Waals surface area (Å²) in [5.41, 5.74) is -0.0254. The zero-order valence-electron chi connectivity index (χ0n) is 7.54. The van der Waals surface area contributed by atoms with Crippen molar-refractivity contribution in [2.24, 2.45) is 0 Å². The summed E-state index contributed by atoms with van der Waals surface area (Å²) in [5.74, 6) is 0. The van der Waals surface area contributed by atoms with Gasteiger partial charge in [0.1, 0.15) is 6.07 Å². The highest BCUT2D eigenvalue weighted by Gasteiger charge is 2.17. The van der Waals surface area contributed by atoms with Crippen LogP contribution in [0.5, 0.6) is 0 Å². The van der Waals surface area contributed by atoms with E-state index in [1.165, 1.54) is 0 Å². The SMILES string of the molecule is N#Cc1cc(C(F)F)c(CO)nc1CBr. The summed E-state index contributed by atoms with van der Waals surface area (Å²) in [6.45, 7) is -0.564. The van der Waals surface area contributed by atoms with Crippen LogP contribution in [-0.4, -0.2) is 10.1 Å². The molecule has 1 heterocycles. The monoisotopic (exact) mass is 276 g/mol. The fourth-order valence-corrected chi connectivity index (χ4v) is 1.55. The van der Waals surface area contributed by atoms with Crippen LogP contribution < -0.4 is 0 Å². The summed E-state index contributed by atoms with van der Waals surface area (Å²) in [4.78, 5) is 3.80. The van der Waals surface area contributed by atoms with Crippen LogP contribution in [0.1, 0.15) is 28.9 Å². The van der Waals surface area contributed by atoms with Gasteiger partial charge in [0.05, 0.1) is 23.6 Å². The second-order valence-corrected chi connectivity index (χ2v) is 3.28. The van der Waals surface area contributed by atoms with Crippen LogP contribution in [0.15, 0.2) is 6.07 Å². The highest BCUT2D eigenvalue weighted by atomic mass is 79.9. The first kappa shape index (κ1) is 12.0. The van der Waals surface area contributed by atoms with Crippen molar-refractivity contribution in [3.05, 3.63) is 28.6 Å². The normalized spacial score (nSPS) is 10.4. The quantitative estimate of drug-likeness (QED) is 0.862. The summed E-state index contributed by atoms with van der Waals surface area (Å²) in [6.07, 6.45) is -2.74. The molecule has 3 nitrogen and oxygen atoms in total. The first-order chi connectivity index (χ1) is 7.13. The minimum absolute atomic E-state index is 0.0848. The lowest BCUT2D eigenvalue weighted by atomic mass is 10.1.